The SMILES string of the molecule is CCC(=O)N(C)C(=O)[C@@H](N)Cc1cccc(C=NN)c1. The fraction of sp³-hybridized carbons (Fsp3) is 0.357. The average molecular weight is 276 g/mol. The van der Waals surface area contributed by atoms with Gasteiger partial charge in [-0.25, -0.2) is 0 Å². The first-order valence-corrected chi connectivity index (χ1v) is 6.37. The Labute approximate surface area is 118 Å². The van der Waals surface area contributed by atoms with E-state index in [-0.39, 0.29) is 18.2 Å². The van der Waals surface area contributed by atoms with Gasteiger partial charge in [-0.2, -0.15) is 5.10 Å². The minimum Gasteiger partial charge on any atom is -0.323 e. The minimum atomic E-state index is -0.749. The summed E-state index contributed by atoms with van der Waals surface area (Å²) in [6.07, 6.45) is 2.15. The summed E-state index contributed by atoms with van der Waals surface area (Å²) in [7, 11) is 1.45. The average Bonchev–Trinajstić information content (AvgIpc) is 2.45. The standard InChI is InChI=1S/C14H20N4O2/c1-3-13(19)18(2)14(20)12(15)8-10-5-4-6-11(7-10)9-17-16/h4-7,9,12H,3,8,15-16H2,1-2H3/t12-/m0/s1. The van der Waals surface area contributed by atoms with Crippen LogP contribution < -0.4 is 11.6 Å². The van der Waals surface area contributed by atoms with Crippen LogP contribution in [0.2, 0.25) is 0 Å². The summed E-state index contributed by atoms with van der Waals surface area (Å²) in [6, 6.07) is 6.65. The molecule has 108 valence electrons. The van der Waals surface area contributed by atoms with Gasteiger partial charge >= 0.3 is 0 Å². The highest BCUT2D eigenvalue weighted by Crippen LogP contribution is 2.07. The first kappa shape index (κ1) is 15.8. The Bertz CT molecular complexity index is 514. The quantitative estimate of drug-likeness (QED) is 0.457. The van der Waals surface area contributed by atoms with E-state index in [1.54, 1.807) is 6.92 Å². The molecule has 0 aliphatic heterocycles. The maximum absolute atomic E-state index is 12.0. The van der Waals surface area contributed by atoms with Crippen molar-refractivity contribution in [2.45, 2.75) is 25.8 Å². The molecule has 0 saturated carbocycles. The molecule has 0 aliphatic rings. The van der Waals surface area contributed by atoms with E-state index in [4.69, 9.17) is 11.6 Å². The minimum absolute atomic E-state index is 0.241. The van der Waals surface area contributed by atoms with Crippen molar-refractivity contribution in [2.24, 2.45) is 16.7 Å². The lowest BCUT2D eigenvalue weighted by molar-refractivity contribution is -0.143. The molecule has 0 fully saturated rings. The van der Waals surface area contributed by atoms with Gasteiger partial charge in [-0.1, -0.05) is 31.2 Å². The van der Waals surface area contributed by atoms with E-state index in [0.717, 1.165) is 16.0 Å². The van der Waals surface area contributed by atoms with Crippen LogP contribution in [0.5, 0.6) is 0 Å². The van der Waals surface area contributed by atoms with E-state index < -0.39 is 6.04 Å². The highest BCUT2D eigenvalue weighted by atomic mass is 16.2. The summed E-state index contributed by atoms with van der Waals surface area (Å²) in [5.41, 5.74) is 7.59. The monoisotopic (exact) mass is 276 g/mol. The molecular formula is C14H20N4O2. The number of rotatable bonds is 5. The zero-order valence-corrected chi connectivity index (χ0v) is 11.7. The van der Waals surface area contributed by atoms with Crippen LogP contribution in [0.1, 0.15) is 24.5 Å². The molecule has 6 heteroatoms. The van der Waals surface area contributed by atoms with Crippen LogP contribution in [-0.2, 0) is 16.0 Å². The molecule has 0 unspecified atom stereocenters. The van der Waals surface area contributed by atoms with Crippen LogP contribution in [0.4, 0.5) is 0 Å². The number of hydrazone groups is 1. The van der Waals surface area contributed by atoms with Gasteiger partial charge in [0.15, 0.2) is 0 Å². The van der Waals surface area contributed by atoms with E-state index in [9.17, 15) is 9.59 Å². The van der Waals surface area contributed by atoms with Crippen molar-refractivity contribution in [3.05, 3.63) is 35.4 Å². The highest BCUT2D eigenvalue weighted by Gasteiger charge is 2.22. The third-order valence-corrected chi connectivity index (χ3v) is 2.95. The second kappa shape index (κ2) is 7.40. The van der Waals surface area contributed by atoms with Crippen molar-refractivity contribution in [3.63, 3.8) is 0 Å². The van der Waals surface area contributed by atoms with Crippen molar-refractivity contribution in [1.82, 2.24) is 4.90 Å². The molecule has 4 N–H and O–H groups in total. The van der Waals surface area contributed by atoms with E-state index >= 15 is 0 Å². The van der Waals surface area contributed by atoms with Crippen LogP contribution >= 0.6 is 0 Å². The van der Waals surface area contributed by atoms with Gasteiger partial charge in [0.05, 0.1) is 12.3 Å². The molecule has 0 radical (unpaired) electrons. The summed E-state index contributed by atoms with van der Waals surface area (Å²) in [5, 5.41) is 3.45. The van der Waals surface area contributed by atoms with Crippen molar-refractivity contribution in [2.75, 3.05) is 7.05 Å². The van der Waals surface area contributed by atoms with Crippen molar-refractivity contribution < 1.29 is 9.59 Å². The van der Waals surface area contributed by atoms with Crippen LogP contribution in [0.3, 0.4) is 0 Å². The number of hydrogen-bond acceptors (Lipinski definition) is 5. The van der Waals surface area contributed by atoms with Crippen LogP contribution in [0, 0.1) is 0 Å². The molecule has 0 spiro atoms. The Morgan fingerprint density at radius 2 is 2.15 bits per heavy atom. The number of benzene rings is 1. The molecule has 0 saturated heterocycles. The van der Waals surface area contributed by atoms with E-state index in [2.05, 4.69) is 5.10 Å². The maximum atomic E-state index is 12.0. The molecule has 0 aliphatic carbocycles. The zero-order chi connectivity index (χ0) is 15.1. The molecule has 0 heterocycles. The third-order valence-electron chi connectivity index (χ3n) is 2.95. The van der Waals surface area contributed by atoms with Crippen LogP contribution in [0.25, 0.3) is 0 Å². The van der Waals surface area contributed by atoms with E-state index in [1.807, 2.05) is 24.3 Å². The van der Waals surface area contributed by atoms with Crippen LogP contribution in [0.15, 0.2) is 29.4 Å². The number of hydrogen-bond donors (Lipinski definition) is 2. The number of carbonyl (C=O) groups excluding carboxylic acids is 2. The third kappa shape index (κ3) is 4.17. The molecule has 20 heavy (non-hydrogen) atoms. The lowest BCUT2D eigenvalue weighted by Gasteiger charge is -2.19. The molecule has 1 atom stereocenters. The highest BCUT2D eigenvalue weighted by molar-refractivity contribution is 5.97. The van der Waals surface area contributed by atoms with Gasteiger partial charge in [-0.3, -0.25) is 14.5 Å². The molecule has 2 amide bonds. The second-order valence-electron chi connectivity index (χ2n) is 4.48. The lowest BCUT2D eigenvalue weighted by atomic mass is 10.0. The first-order chi connectivity index (χ1) is 9.49. The van der Waals surface area contributed by atoms with Gasteiger partial charge in [0.1, 0.15) is 0 Å². The Morgan fingerprint density at radius 3 is 2.75 bits per heavy atom. The smallest absolute Gasteiger partial charge is 0.246 e. The largest absolute Gasteiger partial charge is 0.323 e. The normalized spacial score (nSPS) is 12.3. The second-order valence-corrected chi connectivity index (χ2v) is 4.48. The molecule has 1 rings (SSSR count). The Hall–Kier alpha value is -2.21. The number of likely N-dealkylation sites (N-methyl/N-ethyl adjacent to an activating group) is 1. The molecule has 0 bridgehead atoms. The molecule has 0 aromatic heterocycles. The Kier molecular flexibility index (Phi) is 5.86. The number of imide groups is 1. The predicted molar refractivity (Wildman–Crippen MR) is 78.0 cm³/mol. The van der Waals surface area contributed by atoms with Crippen molar-refractivity contribution >= 4 is 18.0 Å². The first-order valence-electron chi connectivity index (χ1n) is 6.37. The predicted octanol–water partition coefficient (Wildman–Crippen LogP) is 0.244. The molecular weight excluding hydrogens is 256 g/mol. The van der Waals surface area contributed by atoms with Gasteiger partial charge in [-0.15, -0.1) is 0 Å². The Balaban J connectivity index is 2.75. The summed E-state index contributed by atoms with van der Waals surface area (Å²) in [5.74, 6) is 4.47. The number of carbonyl (C=O) groups is 2. The van der Waals surface area contributed by atoms with Gasteiger partial charge < -0.3 is 11.6 Å². The topological polar surface area (TPSA) is 102 Å². The van der Waals surface area contributed by atoms with E-state index in [1.165, 1.54) is 13.3 Å². The van der Waals surface area contributed by atoms with Gasteiger partial charge in [0.2, 0.25) is 11.8 Å². The fourth-order valence-electron chi connectivity index (χ4n) is 1.84. The summed E-state index contributed by atoms with van der Waals surface area (Å²) >= 11 is 0. The van der Waals surface area contributed by atoms with Gasteiger partial charge in [-0.05, 0) is 17.5 Å². The summed E-state index contributed by atoms with van der Waals surface area (Å²) in [6.45, 7) is 1.70. The Morgan fingerprint density at radius 1 is 1.45 bits per heavy atom. The molecule has 1 aromatic rings. The van der Waals surface area contributed by atoms with Gasteiger partial charge in [0, 0.05) is 13.5 Å². The fourth-order valence-corrected chi connectivity index (χ4v) is 1.84. The number of amides is 2. The summed E-state index contributed by atoms with van der Waals surface area (Å²) < 4.78 is 0. The van der Waals surface area contributed by atoms with E-state index in [0.29, 0.717) is 6.42 Å². The maximum Gasteiger partial charge on any atom is 0.246 e. The number of nitrogens with two attached hydrogens (primary N) is 2. The number of nitrogens with zero attached hydrogens (tertiary/aromatic N) is 2. The van der Waals surface area contributed by atoms with Crippen LogP contribution in [-0.4, -0.2) is 36.0 Å². The van der Waals surface area contributed by atoms with Crippen molar-refractivity contribution in [1.29, 1.82) is 0 Å². The summed E-state index contributed by atoms with van der Waals surface area (Å²) in [4.78, 5) is 24.5. The van der Waals surface area contributed by atoms with Crippen molar-refractivity contribution in [3.8, 4) is 0 Å². The molecule has 1 aromatic carbocycles. The lowest BCUT2D eigenvalue weighted by Crippen LogP contribution is -2.45. The molecule has 6 nitrogen and oxygen atoms in total. The zero-order valence-electron chi connectivity index (χ0n) is 11.7. The van der Waals surface area contributed by atoms with Gasteiger partial charge in [0.25, 0.3) is 0 Å².